The van der Waals surface area contributed by atoms with Gasteiger partial charge in [0.05, 0.1) is 0 Å². The fourth-order valence-electron chi connectivity index (χ4n) is 0.906. The van der Waals surface area contributed by atoms with Crippen molar-refractivity contribution in [3.8, 4) is 5.75 Å². The van der Waals surface area contributed by atoms with Crippen molar-refractivity contribution in [3.05, 3.63) is 23.5 Å². The van der Waals surface area contributed by atoms with E-state index in [-0.39, 0.29) is 17.2 Å². The Labute approximate surface area is 85.8 Å². The van der Waals surface area contributed by atoms with Crippen LogP contribution in [0.15, 0.2) is 12.3 Å². The molecule has 1 aromatic heterocycles. The molecule has 0 fully saturated rings. The molecule has 80 valence electrons. The van der Waals surface area contributed by atoms with Gasteiger partial charge in [-0.15, -0.1) is 0 Å². The van der Waals surface area contributed by atoms with Crippen LogP contribution in [0.2, 0.25) is 0 Å². The number of aryl methyl sites for hydroxylation is 1. The summed E-state index contributed by atoms with van der Waals surface area (Å²) in [6.45, 7) is 3.06. The lowest BCUT2D eigenvalue weighted by atomic mass is 10.2. The van der Waals surface area contributed by atoms with Gasteiger partial charge in [-0.2, -0.15) is 5.48 Å². The summed E-state index contributed by atoms with van der Waals surface area (Å²) in [6, 6.07) is 1.38. The number of carboxylic acid groups (broad SMARTS) is 1. The average molecular weight is 210 g/mol. The van der Waals surface area contributed by atoms with Gasteiger partial charge in [0.1, 0.15) is 5.69 Å². The Morgan fingerprint density at radius 1 is 1.53 bits per heavy atom. The number of carbonyl (C=O) groups is 2. The first-order valence-electron chi connectivity index (χ1n) is 4.14. The van der Waals surface area contributed by atoms with Crippen molar-refractivity contribution in [1.82, 2.24) is 10.5 Å². The molecule has 15 heavy (non-hydrogen) atoms. The van der Waals surface area contributed by atoms with E-state index in [1.165, 1.54) is 19.2 Å². The lowest BCUT2D eigenvalue weighted by Gasteiger charge is -2.07. The van der Waals surface area contributed by atoms with Gasteiger partial charge in [-0.25, -0.2) is 4.79 Å². The number of aromatic nitrogens is 1. The molecule has 0 saturated heterocycles. The maximum atomic E-state index is 11.0. The maximum absolute atomic E-state index is 11.0. The molecule has 0 atom stereocenters. The van der Waals surface area contributed by atoms with Gasteiger partial charge in [0.15, 0.2) is 11.5 Å². The van der Waals surface area contributed by atoms with Crippen molar-refractivity contribution in [3.63, 3.8) is 0 Å². The Bertz CT molecular complexity index is 403. The molecule has 0 bridgehead atoms. The van der Waals surface area contributed by atoms with E-state index in [0.717, 1.165) is 0 Å². The van der Waals surface area contributed by atoms with E-state index in [1.807, 2.05) is 0 Å². The minimum Gasteiger partial charge on any atom is -0.463 e. The van der Waals surface area contributed by atoms with Crippen LogP contribution in [-0.4, -0.2) is 22.0 Å². The maximum Gasteiger partial charge on any atom is 0.438 e. The molecule has 1 amide bonds. The first-order chi connectivity index (χ1) is 7.00. The number of hydroxylamine groups is 1. The number of amides is 1. The summed E-state index contributed by atoms with van der Waals surface area (Å²) in [7, 11) is 0. The van der Waals surface area contributed by atoms with Gasteiger partial charge in [-0.3, -0.25) is 9.78 Å². The molecule has 6 nitrogen and oxygen atoms in total. The van der Waals surface area contributed by atoms with Gasteiger partial charge in [0.25, 0.3) is 0 Å². The molecule has 2 N–H and O–H groups in total. The normalized spacial score (nSPS) is 9.47. The van der Waals surface area contributed by atoms with Crippen molar-refractivity contribution in [2.45, 2.75) is 13.8 Å². The molecule has 6 heteroatoms. The summed E-state index contributed by atoms with van der Waals surface area (Å²) in [5.41, 5.74) is 2.60. The lowest BCUT2D eigenvalue weighted by molar-refractivity contribution is 0.101. The number of pyridine rings is 1. The number of hydrogen-bond acceptors (Lipinski definition) is 4. The summed E-state index contributed by atoms with van der Waals surface area (Å²) in [4.78, 5) is 29.8. The molecule has 0 aromatic carbocycles. The Morgan fingerprint density at radius 2 is 2.20 bits per heavy atom. The topological polar surface area (TPSA) is 88.5 Å². The first-order valence-corrected chi connectivity index (χ1v) is 4.14. The van der Waals surface area contributed by atoms with Gasteiger partial charge in [-0.1, -0.05) is 0 Å². The highest BCUT2D eigenvalue weighted by molar-refractivity contribution is 5.92. The van der Waals surface area contributed by atoms with E-state index >= 15 is 0 Å². The van der Waals surface area contributed by atoms with Crippen LogP contribution in [0, 0.1) is 6.92 Å². The summed E-state index contributed by atoms with van der Waals surface area (Å²) in [5.74, 6) is 0.0489. The van der Waals surface area contributed by atoms with E-state index in [1.54, 1.807) is 12.4 Å². The van der Waals surface area contributed by atoms with E-state index in [2.05, 4.69) is 4.98 Å². The van der Waals surface area contributed by atoms with Crippen LogP contribution in [-0.2, 0) is 0 Å². The van der Waals surface area contributed by atoms with Crippen molar-refractivity contribution in [2.24, 2.45) is 0 Å². The van der Waals surface area contributed by atoms with Crippen LogP contribution in [0.3, 0.4) is 0 Å². The third-order valence-electron chi connectivity index (χ3n) is 1.66. The monoisotopic (exact) mass is 210 g/mol. The zero-order valence-electron chi connectivity index (χ0n) is 8.27. The number of Topliss-reactive ketones (excluding diaryl/α,β-unsaturated/α-hetero) is 1. The summed E-state index contributed by atoms with van der Waals surface area (Å²) < 4.78 is 0. The Kier molecular flexibility index (Phi) is 3.22. The lowest BCUT2D eigenvalue weighted by Crippen LogP contribution is -2.25. The number of nitrogens with one attached hydrogen (secondary N) is 1. The minimum absolute atomic E-state index is 0.213. The molecule has 0 spiro atoms. The molecule has 0 aliphatic rings. The van der Waals surface area contributed by atoms with Gasteiger partial charge in [0.2, 0.25) is 0 Å². The molecule has 1 rings (SSSR count). The van der Waals surface area contributed by atoms with Crippen molar-refractivity contribution < 1.29 is 19.5 Å². The van der Waals surface area contributed by atoms with Gasteiger partial charge < -0.3 is 9.94 Å². The van der Waals surface area contributed by atoms with Crippen LogP contribution < -0.4 is 10.3 Å². The second-order valence-corrected chi connectivity index (χ2v) is 2.90. The summed E-state index contributed by atoms with van der Waals surface area (Å²) in [5, 5.41) is 8.33. The van der Waals surface area contributed by atoms with E-state index in [4.69, 9.17) is 9.94 Å². The van der Waals surface area contributed by atoms with Crippen LogP contribution in [0.25, 0.3) is 0 Å². The quantitative estimate of drug-likeness (QED) is 0.577. The molecule has 0 radical (unpaired) electrons. The smallest absolute Gasteiger partial charge is 0.438 e. The number of ketones is 1. The zero-order chi connectivity index (χ0) is 11.4. The number of hydrogen-bond donors (Lipinski definition) is 2. The fraction of sp³-hybridized carbons (Fsp3) is 0.222. The average Bonchev–Trinajstić information content (AvgIpc) is 2.16. The molecule has 1 aromatic rings. The van der Waals surface area contributed by atoms with Gasteiger partial charge >= 0.3 is 6.09 Å². The predicted molar refractivity (Wildman–Crippen MR) is 50.8 cm³/mol. The number of rotatable bonds is 3. The first kappa shape index (κ1) is 11.0. The predicted octanol–water partition coefficient (Wildman–Crippen LogP) is 1.15. The van der Waals surface area contributed by atoms with Crippen molar-refractivity contribution in [2.75, 3.05) is 0 Å². The fourth-order valence-corrected chi connectivity index (χ4v) is 0.906. The molecular weight excluding hydrogens is 200 g/mol. The third kappa shape index (κ3) is 2.94. The molecule has 1 heterocycles. The van der Waals surface area contributed by atoms with Gasteiger partial charge in [0, 0.05) is 24.8 Å². The SMILES string of the molecule is CC(=O)c1cc(ONC(=O)O)c(C)cn1. The highest BCUT2D eigenvalue weighted by Crippen LogP contribution is 2.16. The molecule has 0 aliphatic carbocycles. The zero-order valence-corrected chi connectivity index (χ0v) is 8.27. The molecule has 0 saturated carbocycles. The minimum atomic E-state index is -1.31. The van der Waals surface area contributed by atoms with Crippen LogP contribution in [0.5, 0.6) is 5.75 Å². The van der Waals surface area contributed by atoms with Crippen molar-refractivity contribution >= 4 is 11.9 Å². The standard InChI is InChI=1S/C9H10N2O4/c1-5-4-10-7(6(2)12)3-8(5)15-11-9(13)14/h3-4,11H,1-2H3,(H,13,14). The third-order valence-corrected chi connectivity index (χ3v) is 1.66. The van der Waals surface area contributed by atoms with E-state index in [9.17, 15) is 9.59 Å². The number of carbonyl (C=O) groups excluding carboxylic acids is 1. The molecular formula is C9H10N2O4. The van der Waals surface area contributed by atoms with E-state index < -0.39 is 6.09 Å². The Balaban J connectivity index is 2.90. The molecule has 0 unspecified atom stereocenters. The summed E-state index contributed by atoms with van der Waals surface area (Å²) >= 11 is 0. The van der Waals surface area contributed by atoms with Gasteiger partial charge in [-0.05, 0) is 6.92 Å². The van der Waals surface area contributed by atoms with Crippen molar-refractivity contribution in [1.29, 1.82) is 0 Å². The Hall–Kier alpha value is -2.11. The summed E-state index contributed by atoms with van der Waals surface area (Å²) in [6.07, 6.45) is 0.130. The highest BCUT2D eigenvalue weighted by atomic mass is 16.7. The largest absolute Gasteiger partial charge is 0.463 e. The Morgan fingerprint density at radius 3 is 2.73 bits per heavy atom. The van der Waals surface area contributed by atoms with Crippen LogP contribution in [0.1, 0.15) is 23.0 Å². The highest BCUT2D eigenvalue weighted by Gasteiger charge is 2.07. The van der Waals surface area contributed by atoms with Crippen LogP contribution >= 0.6 is 0 Å². The number of nitrogens with zero attached hydrogens (tertiary/aromatic N) is 1. The molecule has 0 aliphatic heterocycles. The van der Waals surface area contributed by atoms with Crippen LogP contribution in [0.4, 0.5) is 4.79 Å². The second-order valence-electron chi connectivity index (χ2n) is 2.90. The van der Waals surface area contributed by atoms with E-state index in [0.29, 0.717) is 5.56 Å². The second kappa shape index (κ2) is 4.41.